The van der Waals surface area contributed by atoms with E-state index in [4.69, 9.17) is 10.5 Å². The quantitative estimate of drug-likeness (QED) is 0.687. The Morgan fingerprint density at radius 2 is 1.95 bits per heavy atom. The van der Waals surface area contributed by atoms with Crippen molar-refractivity contribution in [1.82, 2.24) is 0 Å². The maximum absolute atomic E-state index is 12.6. The fraction of sp³-hybridized carbons (Fsp3) is 0.235. The second-order valence-corrected chi connectivity index (χ2v) is 5.09. The van der Waals surface area contributed by atoms with E-state index in [1.807, 2.05) is 12.1 Å². The minimum absolute atomic E-state index is 0.0381. The number of hydrogen-bond acceptors (Lipinski definition) is 3. The van der Waals surface area contributed by atoms with Crippen LogP contribution in [-0.4, -0.2) is 12.9 Å². The molecule has 0 amide bonds. The van der Waals surface area contributed by atoms with Crippen LogP contribution < -0.4 is 10.5 Å². The number of nitrogens with two attached hydrogens (primary N) is 1. The number of benzene rings is 2. The first-order chi connectivity index (χ1) is 9.70. The summed E-state index contributed by atoms with van der Waals surface area (Å²) in [6, 6.07) is 11.2. The molecule has 102 valence electrons. The van der Waals surface area contributed by atoms with Crippen molar-refractivity contribution >= 4 is 11.5 Å². The topological polar surface area (TPSA) is 52.3 Å². The Morgan fingerprint density at radius 3 is 2.75 bits per heavy atom. The number of methoxy groups -OCH3 is 1. The van der Waals surface area contributed by atoms with Crippen molar-refractivity contribution in [2.45, 2.75) is 19.3 Å². The largest absolute Gasteiger partial charge is 0.494 e. The van der Waals surface area contributed by atoms with Crippen molar-refractivity contribution in [3.63, 3.8) is 0 Å². The van der Waals surface area contributed by atoms with Gasteiger partial charge >= 0.3 is 0 Å². The van der Waals surface area contributed by atoms with Gasteiger partial charge in [0.1, 0.15) is 0 Å². The first-order valence-electron chi connectivity index (χ1n) is 6.79. The molecule has 0 saturated heterocycles. The highest BCUT2D eigenvalue weighted by atomic mass is 16.5. The van der Waals surface area contributed by atoms with Gasteiger partial charge in [-0.25, -0.2) is 0 Å². The van der Waals surface area contributed by atoms with Gasteiger partial charge in [-0.2, -0.15) is 0 Å². The molecule has 0 saturated carbocycles. The second-order valence-electron chi connectivity index (χ2n) is 5.09. The van der Waals surface area contributed by atoms with Gasteiger partial charge in [-0.05, 0) is 48.6 Å². The van der Waals surface area contributed by atoms with Gasteiger partial charge in [0.25, 0.3) is 0 Å². The number of nitrogen functional groups attached to an aromatic ring is 1. The fourth-order valence-corrected chi connectivity index (χ4v) is 2.83. The van der Waals surface area contributed by atoms with Crippen LogP contribution in [0.3, 0.4) is 0 Å². The molecule has 3 heteroatoms. The average Bonchev–Trinajstić information content (AvgIpc) is 2.93. The van der Waals surface area contributed by atoms with Gasteiger partial charge in [-0.3, -0.25) is 4.79 Å². The van der Waals surface area contributed by atoms with E-state index >= 15 is 0 Å². The van der Waals surface area contributed by atoms with E-state index in [1.54, 1.807) is 18.2 Å². The molecule has 0 fully saturated rings. The molecule has 0 radical (unpaired) electrons. The van der Waals surface area contributed by atoms with E-state index in [-0.39, 0.29) is 5.78 Å². The summed E-state index contributed by atoms with van der Waals surface area (Å²) < 4.78 is 5.27. The van der Waals surface area contributed by atoms with Crippen LogP contribution in [0.5, 0.6) is 5.75 Å². The molecule has 0 atom stereocenters. The van der Waals surface area contributed by atoms with Crippen LogP contribution in [0.2, 0.25) is 0 Å². The SMILES string of the molecule is COc1c(N)cccc1C(=O)c1ccc2c(c1)CCC2. The van der Waals surface area contributed by atoms with Crippen molar-refractivity contribution in [2.75, 3.05) is 12.8 Å². The van der Waals surface area contributed by atoms with Crippen LogP contribution in [-0.2, 0) is 12.8 Å². The monoisotopic (exact) mass is 267 g/mol. The number of fused-ring (bicyclic) bond motifs is 1. The molecule has 1 aliphatic rings. The van der Waals surface area contributed by atoms with E-state index in [0.29, 0.717) is 22.6 Å². The summed E-state index contributed by atoms with van der Waals surface area (Å²) in [7, 11) is 1.53. The summed E-state index contributed by atoms with van der Waals surface area (Å²) in [5.41, 5.74) is 10.2. The van der Waals surface area contributed by atoms with Crippen molar-refractivity contribution in [3.8, 4) is 5.75 Å². The third-order valence-corrected chi connectivity index (χ3v) is 3.85. The Labute approximate surface area is 118 Å². The molecule has 0 spiro atoms. The summed E-state index contributed by atoms with van der Waals surface area (Å²) in [6.45, 7) is 0. The summed E-state index contributed by atoms with van der Waals surface area (Å²) in [6.07, 6.45) is 3.35. The molecule has 2 N–H and O–H groups in total. The Bertz CT molecular complexity index is 677. The smallest absolute Gasteiger partial charge is 0.196 e. The summed E-state index contributed by atoms with van der Waals surface area (Å²) in [5, 5.41) is 0. The third-order valence-electron chi connectivity index (χ3n) is 3.85. The Morgan fingerprint density at radius 1 is 1.15 bits per heavy atom. The molecule has 0 bridgehead atoms. The van der Waals surface area contributed by atoms with Gasteiger partial charge in [0.05, 0.1) is 18.4 Å². The van der Waals surface area contributed by atoms with E-state index in [0.717, 1.165) is 12.8 Å². The molecule has 1 aliphatic carbocycles. The maximum Gasteiger partial charge on any atom is 0.196 e. The van der Waals surface area contributed by atoms with Gasteiger partial charge in [-0.15, -0.1) is 0 Å². The lowest BCUT2D eigenvalue weighted by Gasteiger charge is -2.10. The zero-order chi connectivity index (χ0) is 14.1. The minimum Gasteiger partial charge on any atom is -0.494 e. The van der Waals surface area contributed by atoms with Gasteiger partial charge in [0.2, 0.25) is 0 Å². The highest BCUT2D eigenvalue weighted by molar-refractivity contribution is 6.11. The standard InChI is InChI=1S/C17H17NO2/c1-20-17-14(6-3-7-15(17)18)16(19)13-9-8-11-4-2-5-12(11)10-13/h3,6-10H,2,4-5,18H2,1H3. The zero-order valence-corrected chi connectivity index (χ0v) is 11.5. The zero-order valence-electron chi connectivity index (χ0n) is 11.5. The lowest BCUT2D eigenvalue weighted by Crippen LogP contribution is -2.06. The second kappa shape index (κ2) is 5.00. The van der Waals surface area contributed by atoms with Crippen molar-refractivity contribution in [1.29, 1.82) is 0 Å². The summed E-state index contributed by atoms with van der Waals surface area (Å²) in [4.78, 5) is 12.6. The van der Waals surface area contributed by atoms with Gasteiger partial charge in [0, 0.05) is 5.56 Å². The molecule has 0 unspecified atom stereocenters. The number of rotatable bonds is 3. The molecule has 2 aromatic carbocycles. The summed E-state index contributed by atoms with van der Waals surface area (Å²) in [5.74, 6) is 0.418. The maximum atomic E-state index is 12.6. The first kappa shape index (κ1) is 12.7. The molecule has 0 aromatic heterocycles. The van der Waals surface area contributed by atoms with Crippen LogP contribution in [0.25, 0.3) is 0 Å². The average molecular weight is 267 g/mol. The van der Waals surface area contributed by atoms with Crippen LogP contribution in [0.1, 0.15) is 33.5 Å². The molecule has 3 rings (SSSR count). The number of anilines is 1. The highest BCUT2D eigenvalue weighted by Gasteiger charge is 2.18. The molecule has 20 heavy (non-hydrogen) atoms. The van der Waals surface area contributed by atoms with E-state index < -0.39 is 0 Å². The summed E-state index contributed by atoms with van der Waals surface area (Å²) >= 11 is 0. The molecular formula is C17H17NO2. The lowest BCUT2D eigenvalue weighted by atomic mass is 9.98. The van der Waals surface area contributed by atoms with E-state index in [9.17, 15) is 4.79 Å². The predicted molar refractivity (Wildman–Crippen MR) is 79.3 cm³/mol. The van der Waals surface area contributed by atoms with Gasteiger partial charge in [-0.1, -0.05) is 18.2 Å². The molecule has 0 heterocycles. The van der Waals surface area contributed by atoms with E-state index in [2.05, 4.69) is 6.07 Å². The third kappa shape index (κ3) is 2.05. The van der Waals surface area contributed by atoms with Gasteiger partial charge in [0.15, 0.2) is 11.5 Å². The number of carbonyl (C=O) groups excluding carboxylic acids is 1. The molecular weight excluding hydrogens is 250 g/mol. The van der Waals surface area contributed by atoms with Crippen LogP contribution in [0.15, 0.2) is 36.4 Å². The number of para-hydroxylation sites is 1. The Kier molecular flexibility index (Phi) is 3.18. The van der Waals surface area contributed by atoms with Crippen LogP contribution >= 0.6 is 0 Å². The van der Waals surface area contributed by atoms with Crippen molar-refractivity contribution < 1.29 is 9.53 Å². The normalized spacial score (nSPS) is 13.1. The Balaban J connectivity index is 2.03. The fourth-order valence-electron chi connectivity index (χ4n) is 2.83. The van der Waals surface area contributed by atoms with Crippen LogP contribution in [0.4, 0.5) is 5.69 Å². The number of aryl methyl sites for hydroxylation is 2. The van der Waals surface area contributed by atoms with E-state index in [1.165, 1.54) is 24.7 Å². The first-order valence-corrected chi connectivity index (χ1v) is 6.79. The number of ether oxygens (including phenoxy) is 1. The van der Waals surface area contributed by atoms with Crippen LogP contribution in [0, 0.1) is 0 Å². The van der Waals surface area contributed by atoms with Gasteiger partial charge < -0.3 is 10.5 Å². The molecule has 3 nitrogen and oxygen atoms in total. The molecule has 0 aliphatic heterocycles. The Hall–Kier alpha value is -2.29. The number of hydrogen-bond donors (Lipinski definition) is 1. The number of ketones is 1. The van der Waals surface area contributed by atoms with Crippen molar-refractivity contribution in [2.24, 2.45) is 0 Å². The predicted octanol–water partition coefficient (Wildman–Crippen LogP) is 3.00. The molecule has 2 aromatic rings. The van der Waals surface area contributed by atoms with Crippen molar-refractivity contribution in [3.05, 3.63) is 58.7 Å². The highest BCUT2D eigenvalue weighted by Crippen LogP contribution is 2.29. The lowest BCUT2D eigenvalue weighted by molar-refractivity contribution is 0.103. The minimum atomic E-state index is -0.0381. The number of carbonyl (C=O) groups is 1.